The van der Waals surface area contributed by atoms with Gasteiger partial charge in [0.2, 0.25) is 5.91 Å². The fourth-order valence-corrected chi connectivity index (χ4v) is 5.55. The lowest BCUT2D eigenvalue weighted by Crippen LogP contribution is -2.50. The van der Waals surface area contributed by atoms with E-state index in [9.17, 15) is 9.18 Å². The molecule has 2 heterocycles. The number of fused-ring (bicyclic) bond motifs is 1. The van der Waals surface area contributed by atoms with Gasteiger partial charge in [0.25, 0.3) is 0 Å². The SMILES string of the molecule is Cc1nc(-c2ccc(F)cc2)c(CC(=O)N2CCC[C@@H]3CCCC[C@@H]32)s1. The lowest BCUT2D eigenvalue weighted by molar-refractivity contribution is -0.136. The average Bonchev–Trinajstić information content (AvgIpc) is 3.02. The van der Waals surface area contributed by atoms with E-state index in [-0.39, 0.29) is 11.7 Å². The number of piperidine rings is 1. The zero-order valence-electron chi connectivity index (χ0n) is 15.2. The molecule has 0 spiro atoms. The predicted octanol–water partition coefficient (Wildman–Crippen LogP) is 4.98. The Labute approximate surface area is 158 Å². The first-order valence-electron chi connectivity index (χ1n) is 9.63. The van der Waals surface area contributed by atoms with Gasteiger partial charge in [0.1, 0.15) is 5.82 Å². The van der Waals surface area contributed by atoms with Gasteiger partial charge in [-0.15, -0.1) is 11.3 Å². The van der Waals surface area contributed by atoms with Crippen molar-refractivity contribution in [3.05, 3.63) is 40.0 Å². The zero-order chi connectivity index (χ0) is 18.1. The van der Waals surface area contributed by atoms with Crippen molar-refractivity contribution in [1.82, 2.24) is 9.88 Å². The molecule has 2 fully saturated rings. The highest BCUT2D eigenvalue weighted by Crippen LogP contribution is 2.36. The van der Waals surface area contributed by atoms with Crippen LogP contribution in [0.3, 0.4) is 0 Å². The summed E-state index contributed by atoms with van der Waals surface area (Å²) in [6.45, 7) is 2.85. The lowest BCUT2D eigenvalue weighted by atomic mass is 9.78. The summed E-state index contributed by atoms with van der Waals surface area (Å²) in [6, 6.07) is 6.83. The minimum Gasteiger partial charge on any atom is -0.339 e. The van der Waals surface area contributed by atoms with Crippen LogP contribution in [0, 0.1) is 18.7 Å². The van der Waals surface area contributed by atoms with Gasteiger partial charge in [0.05, 0.1) is 17.1 Å². The number of benzene rings is 1. The molecular formula is C21H25FN2OS. The van der Waals surface area contributed by atoms with Gasteiger partial charge in [-0.05, 0) is 62.8 Å². The molecule has 4 rings (SSSR count). The van der Waals surface area contributed by atoms with Crippen LogP contribution in [0.4, 0.5) is 4.39 Å². The molecule has 1 saturated carbocycles. The van der Waals surface area contributed by atoms with Gasteiger partial charge < -0.3 is 4.90 Å². The summed E-state index contributed by atoms with van der Waals surface area (Å²) in [4.78, 5) is 20.9. The van der Waals surface area contributed by atoms with Crippen LogP contribution in [0.15, 0.2) is 24.3 Å². The molecule has 2 aromatic rings. The maximum atomic E-state index is 13.2. The van der Waals surface area contributed by atoms with E-state index in [4.69, 9.17) is 0 Å². The summed E-state index contributed by atoms with van der Waals surface area (Å²) in [5.74, 6) is 0.671. The van der Waals surface area contributed by atoms with Crippen LogP contribution in [0.1, 0.15) is 48.4 Å². The Bertz CT molecular complexity index is 784. The molecule has 5 heteroatoms. The molecule has 1 aliphatic carbocycles. The number of nitrogens with zero attached hydrogens (tertiary/aromatic N) is 2. The molecule has 26 heavy (non-hydrogen) atoms. The number of carbonyl (C=O) groups excluding carboxylic acids is 1. The van der Waals surface area contributed by atoms with Crippen molar-refractivity contribution in [3.8, 4) is 11.3 Å². The number of amides is 1. The number of likely N-dealkylation sites (tertiary alicyclic amines) is 1. The first-order valence-corrected chi connectivity index (χ1v) is 10.4. The second-order valence-electron chi connectivity index (χ2n) is 7.53. The third kappa shape index (κ3) is 3.54. The molecule has 3 nitrogen and oxygen atoms in total. The summed E-state index contributed by atoms with van der Waals surface area (Å²) < 4.78 is 13.2. The molecule has 2 aliphatic rings. The number of hydrogen-bond acceptors (Lipinski definition) is 3. The van der Waals surface area contributed by atoms with E-state index in [1.165, 1.54) is 37.8 Å². The van der Waals surface area contributed by atoms with Crippen LogP contribution in [-0.2, 0) is 11.2 Å². The molecule has 1 amide bonds. The molecule has 0 N–H and O–H groups in total. The molecule has 0 bridgehead atoms. The van der Waals surface area contributed by atoms with Crippen LogP contribution in [0.2, 0.25) is 0 Å². The fraction of sp³-hybridized carbons (Fsp3) is 0.524. The Morgan fingerprint density at radius 3 is 2.73 bits per heavy atom. The molecular weight excluding hydrogens is 347 g/mol. The van der Waals surface area contributed by atoms with Crippen molar-refractivity contribution in [2.45, 2.75) is 57.9 Å². The molecule has 2 atom stereocenters. The normalized spacial score (nSPS) is 22.9. The average molecular weight is 373 g/mol. The van der Waals surface area contributed by atoms with Gasteiger partial charge in [-0.25, -0.2) is 9.37 Å². The highest BCUT2D eigenvalue weighted by atomic mass is 32.1. The van der Waals surface area contributed by atoms with Crippen LogP contribution in [0.5, 0.6) is 0 Å². The van der Waals surface area contributed by atoms with E-state index >= 15 is 0 Å². The maximum absolute atomic E-state index is 13.2. The highest BCUT2D eigenvalue weighted by Gasteiger charge is 2.35. The summed E-state index contributed by atoms with van der Waals surface area (Å²) in [7, 11) is 0. The van der Waals surface area contributed by atoms with E-state index in [2.05, 4.69) is 9.88 Å². The number of aryl methyl sites for hydroxylation is 1. The van der Waals surface area contributed by atoms with Crippen LogP contribution >= 0.6 is 11.3 Å². The number of rotatable bonds is 3. The Morgan fingerprint density at radius 1 is 1.19 bits per heavy atom. The van der Waals surface area contributed by atoms with Gasteiger partial charge in [-0.1, -0.05) is 12.8 Å². The van der Waals surface area contributed by atoms with Crippen molar-refractivity contribution in [2.75, 3.05) is 6.54 Å². The molecule has 138 valence electrons. The first-order chi connectivity index (χ1) is 12.6. The summed E-state index contributed by atoms with van der Waals surface area (Å²) in [5.41, 5.74) is 1.71. The van der Waals surface area contributed by atoms with E-state index in [1.54, 1.807) is 23.5 Å². The number of carbonyl (C=O) groups is 1. The molecule has 1 aromatic carbocycles. The number of aromatic nitrogens is 1. The third-order valence-electron chi connectivity index (χ3n) is 5.80. The molecule has 1 aliphatic heterocycles. The van der Waals surface area contributed by atoms with Gasteiger partial charge in [0.15, 0.2) is 0 Å². The maximum Gasteiger partial charge on any atom is 0.228 e. The van der Waals surface area contributed by atoms with E-state index < -0.39 is 0 Å². The Balaban J connectivity index is 1.55. The zero-order valence-corrected chi connectivity index (χ0v) is 16.0. The second kappa shape index (κ2) is 7.47. The Morgan fingerprint density at radius 2 is 1.92 bits per heavy atom. The third-order valence-corrected chi connectivity index (χ3v) is 6.77. The summed E-state index contributed by atoms with van der Waals surface area (Å²) in [5, 5.41) is 0.946. The summed E-state index contributed by atoms with van der Waals surface area (Å²) >= 11 is 1.58. The quantitative estimate of drug-likeness (QED) is 0.761. The van der Waals surface area contributed by atoms with Crippen LogP contribution in [-0.4, -0.2) is 28.4 Å². The smallest absolute Gasteiger partial charge is 0.228 e. The number of halogens is 1. The van der Waals surface area contributed by atoms with Crippen molar-refractivity contribution >= 4 is 17.2 Å². The molecule has 0 radical (unpaired) electrons. The van der Waals surface area contributed by atoms with E-state index in [1.807, 2.05) is 6.92 Å². The molecule has 0 unspecified atom stereocenters. The van der Waals surface area contributed by atoms with E-state index in [0.29, 0.717) is 18.4 Å². The summed E-state index contributed by atoms with van der Waals surface area (Å²) in [6.07, 6.45) is 7.78. The van der Waals surface area contributed by atoms with Crippen molar-refractivity contribution in [1.29, 1.82) is 0 Å². The van der Waals surface area contributed by atoms with Gasteiger partial charge >= 0.3 is 0 Å². The Kier molecular flexibility index (Phi) is 5.07. The molecule has 1 saturated heterocycles. The van der Waals surface area contributed by atoms with Gasteiger partial charge in [0, 0.05) is 23.0 Å². The first kappa shape index (κ1) is 17.7. The highest BCUT2D eigenvalue weighted by molar-refractivity contribution is 7.12. The topological polar surface area (TPSA) is 33.2 Å². The fourth-order valence-electron chi connectivity index (χ4n) is 4.60. The predicted molar refractivity (Wildman–Crippen MR) is 103 cm³/mol. The largest absolute Gasteiger partial charge is 0.339 e. The second-order valence-corrected chi connectivity index (χ2v) is 8.82. The van der Waals surface area contributed by atoms with Crippen LogP contribution < -0.4 is 0 Å². The van der Waals surface area contributed by atoms with E-state index in [0.717, 1.165) is 40.5 Å². The minimum absolute atomic E-state index is 0.230. The number of thiazole rings is 1. The van der Waals surface area contributed by atoms with Crippen molar-refractivity contribution in [2.24, 2.45) is 5.92 Å². The monoisotopic (exact) mass is 372 g/mol. The van der Waals surface area contributed by atoms with Crippen molar-refractivity contribution < 1.29 is 9.18 Å². The minimum atomic E-state index is -0.255. The number of hydrogen-bond donors (Lipinski definition) is 0. The Hall–Kier alpha value is -1.75. The standard InChI is InChI=1S/C21H25FN2OS/c1-14-23-21(16-8-10-17(22)11-9-16)19(26-14)13-20(25)24-12-4-6-15-5-2-3-7-18(15)24/h8-11,15,18H,2-7,12-13H2,1H3/t15-,18-/m0/s1. The van der Waals surface area contributed by atoms with Gasteiger partial charge in [-0.2, -0.15) is 0 Å². The van der Waals surface area contributed by atoms with Gasteiger partial charge in [-0.3, -0.25) is 4.79 Å². The lowest BCUT2D eigenvalue weighted by Gasteiger charge is -2.44. The molecule has 1 aromatic heterocycles. The van der Waals surface area contributed by atoms with Crippen LogP contribution in [0.25, 0.3) is 11.3 Å². The van der Waals surface area contributed by atoms with Crippen molar-refractivity contribution in [3.63, 3.8) is 0 Å².